The molecule has 0 unspecified atom stereocenters. The Hall–Kier alpha value is -1.63. The van der Waals surface area contributed by atoms with Crippen LogP contribution in [0.15, 0.2) is 18.2 Å². The Kier molecular flexibility index (Phi) is 8.50. The molecule has 22 heavy (non-hydrogen) atoms. The average Bonchev–Trinajstić information content (AvgIpc) is 2.53. The zero-order chi connectivity index (χ0) is 16.4. The molecule has 1 aromatic carbocycles. The second-order valence-electron chi connectivity index (χ2n) is 4.96. The third-order valence-electron chi connectivity index (χ3n) is 3.43. The summed E-state index contributed by atoms with van der Waals surface area (Å²) < 4.78 is 15.3. The Balaban J connectivity index is 2.56. The quantitative estimate of drug-likeness (QED) is 0.492. The standard InChI is InChI=1S/C16H26N2O4/c1-20-10-8-18(9-11-21-2)7-6-15(19)13-4-5-16(22-3)14(17)12-13/h4-5,12H,6-11,17H2,1-3H3. The molecule has 1 aromatic rings. The lowest BCUT2D eigenvalue weighted by Gasteiger charge is -2.21. The first-order valence-corrected chi connectivity index (χ1v) is 7.29. The van der Waals surface area contributed by atoms with Crippen LogP contribution in [0.25, 0.3) is 0 Å². The van der Waals surface area contributed by atoms with E-state index >= 15 is 0 Å². The average molecular weight is 310 g/mol. The molecular weight excluding hydrogens is 284 g/mol. The molecule has 0 aliphatic rings. The number of hydrogen-bond donors (Lipinski definition) is 1. The Morgan fingerprint density at radius 3 is 2.23 bits per heavy atom. The van der Waals surface area contributed by atoms with E-state index in [4.69, 9.17) is 19.9 Å². The first-order valence-electron chi connectivity index (χ1n) is 7.29. The van der Waals surface area contributed by atoms with Gasteiger partial charge in [0.15, 0.2) is 5.78 Å². The summed E-state index contributed by atoms with van der Waals surface area (Å²) >= 11 is 0. The van der Waals surface area contributed by atoms with Crippen molar-refractivity contribution in [2.75, 3.05) is 59.9 Å². The predicted molar refractivity (Wildman–Crippen MR) is 86.5 cm³/mol. The van der Waals surface area contributed by atoms with Crippen LogP contribution >= 0.6 is 0 Å². The summed E-state index contributed by atoms with van der Waals surface area (Å²) in [4.78, 5) is 14.4. The van der Waals surface area contributed by atoms with Gasteiger partial charge in [-0.2, -0.15) is 0 Å². The Bertz CT molecular complexity index is 457. The van der Waals surface area contributed by atoms with Gasteiger partial charge in [-0.25, -0.2) is 0 Å². The maximum absolute atomic E-state index is 12.3. The Labute approximate surface area is 132 Å². The van der Waals surface area contributed by atoms with Crippen LogP contribution in [-0.2, 0) is 9.47 Å². The highest BCUT2D eigenvalue weighted by atomic mass is 16.5. The van der Waals surface area contributed by atoms with Gasteiger partial charge in [0.2, 0.25) is 0 Å². The lowest BCUT2D eigenvalue weighted by atomic mass is 10.1. The van der Waals surface area contributed by atoms with Crippen LogP contribution in [0.4, 0.5) is 5.69 Å². The van der Waals surface area contributed by atoms with Crippen molar-refractivity contribution in [3.8, 4) is 5.75 Å². The number of rotatable bonds is 11. The van der Waals surface area contributed by atoms with Crippen LogP contribution in [0.2, 0.25) is 0 Å². The summed E-state index contributed by atoms with van der Waals surface area (Å²) in [6.07, 6.45) is 0.430. The van der Waals surface area contributed by atoms with E-state index in [0.717, 1.165) is 13.1 Å². The number of nitrogens with zero attached hydrogens (tertiary/aromatic N) is 1. The van der Waals surface area contributed by atoms with Crippen LogP contribution in [0, 0.1) is 0 Å². The number of ketones is 1. The molecular formula is C16H26N2O4. The van der Waals surface area contributed by atoms with Crippen LogP contribution in [0.3, 0.4) is 0 Å². The summed E-state index contributed by atoms with van der Waals surface area (Å²) in [6, 6.07) is 5.12. The SMILES string of the molecule is COCCN(CCOC)CCC(=O)c1ccc(OC)c(N)c1. The van der Waals surface area contributed by atoms with Gasteiger partial charge in [0.1, 0.15) is 5.75 Å². The highest BCUT2D eigenvalue weighted by molar-refractivity contribution is 5.97. The van der Waals surface area contributed by atoms with Gasteiger partial charge < -0.3 is 19.9 Å². The third kappa shape index (κ3) is 6.01. The van der Waals surface area contributed by atoms with Crippen molar-refractivity contribution in [2.45, 2.75) is 6.42 Å². The van der Waals surface area contributed by atoms with Gasteiger partial charge in [-0.1, -0.05) is 0 Å². The molecule has 6 nitrogen and oxygen atoms in total. The first-order chi connectivity index (χ1) is 10.6. The van der Waals surface area contributed by atoms with Gasteiger partial charge in [0.25, 0.3) is 0 Å². The lowest BCUT2D eigenvalue weighted by Crippen LogP contribution is -2.32. The van der Waals surface area contributed by atoms with Crippen LogP contribution < -0.4 is 10.5 Å². The van der Waals surface area contributed by atoms with Gasteiger partial charge in [-0.05, 0) is 18.2 Å². The van der Waals surface area contributed by atoms with E-state index in [2.05, 4.69) is 4.90 Å². The van der Waals surface area contributed by atoms with Gasteiger partial charge >= 0.3 is 0 Å². The Morgan fingerprint density at radius 2 is 1.73 bits per heavy atom. The van der Waals surface area contributed by atoms with Gasteiger partial charge in [-0.3, -0.25) is 9.69 Å². The number of carbonyl (C=O) groups is 1. The van der Waals surface area contributed by atoms with Crippen molar-refractivity contribution in [2.24, 2.45) is 0 Å². The van der Waals surface area contributed by atoms with E-state index in [1.165, 1.54) is 0 Å². The zero-order valence-electron chi connectivity index (χ0n) is 13.6. The molecule has 0 saturated carbocycles. The molecule has 0 aliphatic carbocycles. The molecule has 0 heterocycles. The molecule has 1 rings (SSSR count). The molecule has 0 saturated heterocycles. The predicted octanol–water partition coefficient (Wildman–Crippen LogP) is 1.45. The van der Waals surface area contributed by atoms with Crippen LogP contribution in [0.5, 0.6) is 5.75 Å². The second-order valence-corrected chi connectivity index (χ2v) is 4.96. The van der Waals surface area contributed by atoms with Crippen molar-refractivity contribution in [3.05, 3.63) is 23.8 Å². The summed E-state index contributed by atoms with van der Waals surface area (Å²) in [5.74, 6) is 0.646. The number of anilines is 1. The number of methoxy groups -OCH3 is 3. The number of ether oxygens (including phenoxy) is 3. The van der Waals surface area contributed by atoms with Crippen molar-refractivity contribution >= 4 is 11.5 Å². The molecule has 2 N–H and O–H groups in total. The second kappa shape index (κ2) is 10.2. The number of carbonyl (C=O) groups excluding carboxylic acids is 1. The van der Waals surface area contributed by atoms with Gasteiger partial charge in [-0.15, -0.1) is 0 Å². The molecule has 0 atom stereocenters. The maximum Gasteiger partial charge on any atom is 0.164 e. The van der Waals surface area contributed by atoms with E-state index in [-0.39, 0.29) is 5.78 Å². The molecule has 0 aliphatic heterocycles. The first kappa shape index (κ1) is 18.4. The summed E-state index contributed by atoms with van der Waals surface area (Å²) in [5, 5.41) is 0. The van der Waals surface area contributed by atoms with Crippen molar-refractivity contribution < 1.29 is 19.0 Å². The fourth-order valence-corrected chi connectivity index (χ4v) is 2.09. The molecule has 6 heteroatoms. The van der Waals surface area contributed by atoms with Crippen LogP contribution in [0.1, 0.15) is 16.8 Å². The van der Waals surface area contributed by atoms with Gasteiger partial charge in [0, 0.05) is 45.8 Å². The number of nitrogen functional groups attached to an aromatic ring is 1. The summed E-state index contributed by atoms with van der Waals surface area (Å²) in [7, 11) is 4.89. The topological polar surface area (TPSA) is 74.0 Å². The monoisotopic (exact) mass is 310 g/mol. The van der Waals surface area contributed by atoms with E-state index in [0.29, 0.717) is 43.2 Å². The smallest absolute Gasteiger partial charge is 0.164 e. The summed E-state index contributed by atoms with van der Waals surface area (Å²) in [5.41, 5.74) is 6.92. The molecule has 0 spiro atoms. The number of hydrogen-bond acceptors (Lipinski definition) is 6. The Morgan fingerprint density at radius 1 is 1.09 bits per heavy atom. The minimum absolute atomic E-state index is 0.0641. The number of nitrogens with two attached hydrogens (primary N) is 1. The highest BCUT2D eigenvalue weighted by Gasteiger charge is 2.11. The molecule has 0 radical (unpaired) electrons. The van der Waals surface area contributed by atoms with Crippen molar-refractivity contribution in [1.29, 1.82) is 0 Å². The number of benzene rings is 1. The molecule has 0 amide bonds. The largest absolute Gasteiger partial charge is 0.495 e. The molecule has 0 fully saturated rings. The van der Waals surface area contributed by atoms with E-state index in [9.17, 15) is 4.79 Å². The van der Waals surface area contributed by atoms with Crippen molar-refractivity contribution in [1.82, 2.24) is 4.90 Å². The fraction of sp³-hybridized carbons (Fsp3) is 0.562. The highest BCUT2D eigenvalue weighted by Crippen LogP contribution is 2.22. The van der Waals surface area contributed by atoms with E-state index in [1.807, 2.05) is 0 Å². The van der Waals surface area contributed by atoms with E-state index in [1.54, 1.807) is 39.5 Å². The maximum atomic E-state index is 12.3. The van der Waals surface area contributed by atoms with Gasteiger partial charge in [0.05, 0.1) is 26.0 Å². The molecule has 124 valence electrons. The normalized spacial score (nSPS) is 10.9. The minimum atomic E-state index is 0.0641. The molecule has 0 aromatic heterocycles. The van der Waals surface area contributed by atoms with Crippen molar-refractivity contribution in [3.63, 3.8) is 0 Å². The van der Waals surface area contributed by atoms with E-state index < -0.39 is 0 Å². The lowest BCUT2D eigenvalue weighted by molar-refractivity contribution is 0.0911. The zero-order valence-corrected chi connectivity index (χ0v) is 13.6. The summed E-state index contributed by atoms with van der Waals surface area (Å²) in [6.45, 7) is 3.48. The van der Waals surface area contributed by atoms with Crippen LogP contribution in [-0.4, -0.2) is 64.9 Å². The minimum Gasteiger partial charge on any atom is -0.495 e. The third-order valence-corrected chi connectivity index (χ3v) is 3.43. The number of Topliss-reactive ketones (excluding diaryl/α,β-unsaturated/α-hetero) is 1. The fourth-order valence-electron chi connectivity index (χ4n) is 2.09. The molecule has 0 bridgehead atoms.